The Morgan fingerprint density at radius 2 is 1.45 bits per heavy atom. The van der Waals surface area contributed by atoms with Gasteiger partial charge in [-0.05, 0) is 101 Å². The third-order valence-corrected chi connectivity index (χ3v) is 11.3. The molecule has 4 aromatic rings. The van der Waals surface area contributed by atoms with Crippen LogP contribution in [-0.2, 0) is 14.0 Å². The Morgan fingerprint density at radius 3 is 2.00 bits per heavy atom. The zero-order valence-electron chi connectivity index (χ0n) is 30.1. The first-order valence-corrected chi connectivity index (χ1v) is 18.7. The summed E-state index contributed by atoms with van der Waals surface area (Å²) in [5, 5.41) is 19.9. The number of halogens is 1. The Hall–Kier alpha value is -3.32. The molecule has 0 bridgehead atoms. The number of aliphatic hydroxyl groups excluding tert-OH is 2. The summed E-state index contributed by atoms with van der Waals surface area (Å²) < 4.78 is 23.5. The standard InChI is InChI=1S/C23H26ClN3O4.C16H24BNO2/c24-18-11-20-19(25-23(26-20)31-16-9-21(29)22(12-28)30-13-16)10-17(18)14-3-5-15(6-4-14)27-7-1-2-8-27;1-15(2)16(3,4)20-17(19-15)13-7-9-14(10-8-13)18-11-5-6-12-18/h3-6,10-11,16,21-22,28-29H,1-2,7-9,12-13H2,(H,25,26);7-10H,5-6,11-12H2,1-4H3/t16-,21+,22-;/m1./s1. The van der Waals surface area contributed by atoms with Crippen LogP contribution in [0, 0.1) is 0 Å². The number of ether oxygens (including phenoxy) is 2. The second-order valence-corrected chi connectivity index (χ2v) is 15.5. The van der Waals surface area contributed by atoms with Crippen LogP contribution in [-0.4, -0.2) is 96.2 Å². The Kier molecular flexibility index (Phi) is 10.6. The fourth-order valence-electron chi connectivity index (χ4n) is 7.15. The van der Waals surface area contributed by atoms with Crippen molar-refractivity contribution >= 4 is 46.6 Å². The number of benzene rings is 3. The number of nitrogens with zero attached hydrogens (tertiary/aromatic N) is 3. The van der Waals surface area contributed by atoms with Crippen molar-refractivity contribution < 1.29 is 29.0 Å². The number of aromatic amines is 1. The molecule has 0 amide bonds. The maximum absolute atomic E-state index is 10.0. The highest BCUT2D eigenvalue weighted by molar-refractivity contribution is 6.62. The van der Waals surface area contributed by atoms with Crippen molar-refractivity contribution in [1.82, 2.24) is 9.97 Å². The number of aliphatic hydroxyl groups is 2. The summed E-state index contributed by atoms with van der Waals surface area (Å²) >= 11 is 6.58. The fraction of sp³-hybridized carbons (Fsp3) is 0.513. The van der Waals surface area contributed by atoms with Crippen LogP contribution in [0.25, 0.3) is 22.2 Å². The summed E-state index contributed by atoms with van der Waals surface area (Å²) in [5.74, 6) is 0. The number of imidazole rings is 1. The third-order valence-electron chi connectivity index (χ3n) is 11.0. The third kappa shape index (κ3) is 7.89. The molecular weight excluding hydrogens is 667 g/mol. The zero-order chi connectivity index (χ0) is 35.8. The van der Waals surface area contributed by atoms with Gasteiger partial charge in [-0.1, -0.05) is 35.9 Å². The van der Waals surface area contributed by atoms with E-state index < -0.39 is 12.2 Å². The number of H-pyrrole nitrogens is 1. The van der Waals surface area contributed by atoms with Crippen LogP contribution in [0.15, 0.2) is 60.7 Å². The minimum Gasteiger partial charge on any atom is -0.459 e. The molecule has 10 nitrogen and oxygen atoms in total. The monoisotopic (exact) mass is 716 g/mol. The van der Waals surface area contributed by atoms with Gasteiger partial charge in [-0.25, -0.2) is 0 Å². The fourth-order valence-corrected chi connectivity index (χ4v) is 7.43. The Bertz CT molecular complexity index is 1760. The number of rotatable bonds is 7. The molecule has 272 valence electrons. The number of fused-ring (bicyclic) bond motifs is 1. The summed E-state index contributed by atoms with van der Waals surface area (Å²) in [6, 6.07) is 21.3. The first-order valence-electron chi connectivity index (χ1n) is 18.3. The average Bonchev–Trinajstić information content (AvgIpc) is 3.93. The van der Waals surface area contributed by atoms with E-state index in [0.29, 0.717) is 17.5 Å². The van der Waals surface area contributed by atoms with Gasteiger partial charge in [0.1, 0.15) is 12.2 Å². The number of hydrogen-bond donors (Lipinski definition) is 3. The van der Waals surface area contributed by atoms with Gasteiger partial charge in [-0.15, -0.1) is 0 Å². The van der Waals surface area contributed by atoms with Gasteiger partial charge in [0, 0.05) is 49.5 Å². The molecule has 5 heterocycles. The Balaban J connectivity index is 0.000000175. The van der Waals surface area contributed by atoms with Crippen LogP contribution >= 0.6 is 11.6 Å². The molecule has 4 aliphatic heterocycles. The van der Waals surface area contributed by atoms with Gasteiger partial charge in [0.25, 0.3) is 6.01 Å². The van der Waals surface area contributed by atoms with E-state index in [0.717, 1.165) is 40.7 Å². The number of anilines is 2. The second kappa shape index (κ2) is 15.0. The van der Waals surface area contributed by atoms with E-state index in [1.54, 1.807) is 0 Å². The molecule has 51 heavy (non-hydrogen) atoms. The van der Waals surface area contributed by atoms with E-state index in [-0.39, 0.29) is 37.6 Å². The van der Waals surface area contributed by atoms with Gasteiger partial charge in [0.05, 0.1) is 46.6 Å². The van der Waals surface area contributed by atoms with Crippen molar-refractivity contribution in [2.45, 2.75) is 89.3 Å². The molecule has 0 aliphatic carbocycles. The molecular formula is C39H50BClN4O6. The van der Waals surface area contributed by atoms with Gasteiger partial charge in [0.15, 0.2) is 0 Å². The molecule has 0 saturated carbocycles. The van der Waals surface area contributed by atoms with Crippen molar-refractivity contribution in [2.75, 3.05) is 49.2 Å². The van der Waals surface area contributed by atoms with Crippen molar-refractivity contribution in [2.24, 2.45) is 0 Å². The molecule has 3 N–H and O–H groups in total. The van der Waals surface area contributed by atoms with Crippen LogP contribution in [0.5, 0.6) is 6.01 Å². The predicted octanol–water partition coefficient (Wildman–Crippen LogP) is 5.96. The van der Waals surface area contributed by atoms with Crippen LogP contribution in [0.4, 0.5) is 11.4 Å². The lowest BCUT2D eigenvalue weighted by Crippen LogP contribution is -2.45. The van der Waals surface area contributed by atoms with Crippen LogP contribution in [0.2, 0.25) is 5.02 Å². The van der Waals surface area contributed by atoms with E-state index in [1.807, 2.05) is 12.1 Å². The summed E-state index contributed by atoms with van der Waals surface area (Å²) in [6.07, 6.45) is 3.82. The molecule has 3 atom stereocenters. The highest BCUT2D eigenvalue weighted by Gasteiger charge is 2.51. The van der Waals surface area contributed by atoms with Gasteiger partial charge < -0.3 is 43.8 Å². The SMILES string of the molecule is CC1(C)OB(c2ccc(N3CCCC3)cc2)OC1(C)C.OC[C@H]1OC[C@H](Oc2nc3cc(-c4ccc(N5CCCC5)cc4)c(Cl)cc3[nH]2)C[C@@H]1O. The van der Waals surface area contributed by atoms with E-state index in [4.69, 9.17) is 30.4 Å². The summed E-state index contributed by atoms with van der Waals surface area (Å²) in [4.78, 5) is 12.5. The number of aromatic nitrogens is 2. The van der Waals surface area contributed by atoms with Gasteiger partial charge >= 0.3 is 7.12 Å². The minimum absolute atomic E-state index is 0.210. The molecule has 12 heteroatoms. The molecule has 1 aromatic heterocycles. The topological polar surface area (TPSA) is 113 Å². The highest BCUT2D eigenvalue weighted by Crippen LogP contribution is 2.37. The Labute approximate surface area is 306 Å². The number of nitrogens with one attached hydrogen (secondary N) is 1. The van der Waals surface area contributed by atoms with Crippen LogP contribution < -0.4 is 20.0 Å². The van der Waals surface area contributed by atoms with E-state index in [9.17, 15) is 10.2 Å². The lowest BCUT2D eigenvalue weighted by Gasteiger charge is -2.32. The van der Waals surface area contributed by atoms with Crippen molar-refractivity contribution in [3.8, 4) is 17.1 Å². The van der Waals surface area contributed by atoms with Crippen molar-refractivity contribution in [3.05, 3.63) is 65.7 Å². The average molecular weight is 717 g/mol. The van der Waals surface area contributed by atoms with E-state index in [1.165, 1.54) is 50.1 Å². The van der Waals surface area contributed by atoms with Gasteiger partial charge in [0.2, 0.25) is 0 Å². The van der Waals surface area contributed by atoms with Gasteiger partial charge in [-0.2, -0.15) is 4.98 Å². The summed E-state index contributed by atoms with van der Waals surface area (Å²) in [5.41, 5.74) is 6.60. The maximum Gasteiger partial charge on any atom is 0.494 e. The van der Waals surface area contributed by atoms with Crippen molar-refractivity contribution in [1.29, 1.82) is 0 Å². The second-order valence-electron chi connectivity index (χ2n) is 15.1. The molecule has 4 saturated heterocycles. The lowest BCUT2D eigenvalue weighted by molar-refractivity contribution is -0.131. The first-order chi connectivity index (χ1) is 24.5. The normalized spacial score (nSPS) is 24.2. The molecule has 4 fully saturated rings. The van der Waals surface area contributed by atoms with Crippen molar-refractivity contribution in [3.63, 3.8) is 0 Å². The largest absolute Gasteiger partial charge is 0.494 e. The summed E-state index contributed by atoms with van der Waals surface area (Å²) in [6.45, 7) is 13.0. The Morgan fingerprint density at radius 1 is 0.882 bits per heavy atom. The predicted molar refractivity (Wildman–Crippen MR) is 203 cm³/mol. The summed E-state index contributed by atoms with van der Waals surface area (Å²) in [7, 11) is -0.257. The van der Waals surface area contributed by atoms with Crippen LogP contribution in [0.1, 0.15) is 59.8 Å². The quantitative estimate of drug-likeness (QED) is 0.200. The highest BCUT2D eigenvalue weighted by atomic mass is 35.5. The molecule has 4 aliphatic rings. The van der Waals surface area contributed by atoms with E-state index in [2.05, 4.69) is 96.0 Å². The molecule has 0 unspecified atom stereocenters. The smallest absolute Gasteiger partial charge is 0.459 e. The maximum atomic E-state index is 10.0. The zero-order valence-corrected chi connectivity index (χ0v) is 30.9. The van der Waals surface area contributed by atoms with Gasteiger partial charge in [-0.3, -0.25) is 0 Å². The lowest BCUT2D eigenvalue weighted by atomic mass is 9.79. The number of hydrogen-bond acceptors (Lipinski definition) is 9. The molecule has 0 radical (unpaired) electrons. The van der Waals surface area contributed by atoms with Crippen LogP contribution in [0.3, 0.4) is 0 Å². The molecule has 8 rings (SSSR count). The molecule has 0 spiro atoms. The van der Waals surface area contributed by atoms with E-state index >= 15 is 0 Å². The molecule has 3 aromatic carbocycles. The first kappa shape index (κ1) is 36.1. The minimum atomic E-state index is -0.766.